The molecule has 0 bridgehead atoms. The second-order valence-electron chi connectivity index (χ2n) is 4.68. The molecule has 1 aliphatic carbocycles. The summed E-state index contributed by atoms with van der Waals surface area (Å²) in [4.78, 5) is 12.5. The summed E-state index contributed by atoms with van der Waals surface area (Å²) in [5, 5.41) is 16.3. The highest BCUT2D eigenvalue weighted by Crippen LogP contribution is 2.39. The van der Waals surface area contributed by atoms with Crippen molar-refractivity contribution < 1.29 is 9.21 Å². The van der Waals surface area contributed by atoms with E-state index in [-0.39, 0.29) is 5.91 Å². The summed E-state index contributed by atoms with van der Waals surface area (Å²) in [5.74, 6) is 1.48. The Labute approximate surface area is 117 Å². The molecule has 1 amide bonds. The van der Waals surface area contributed by atoms with E-state index in [0.29, 0.717) is 18.2 Å². The Morgan fingerprint density at radius 1 is 1.50 bits per heavy atom. The number of amides is 1. The molecular weight excluding hydrogens is 278 g/mol. The lowest BCUT2D eigenvalue weighted by molar-refractivity contribution is 0.0923. The molecular formula is C12H11N5O2S. The number of nitrogens with zero attached hydrogens (tertiary/aromatic N) is 4. The molecule has 4 rings (SSSR count). The van der Waals surface area contributed by atoms with E-state index in [9.17, 15) is 4.79 Å². The van der Waals surface area contributed by atoms with Gasteiger partial charge in [-0.3, -0.25) is 4.79 Å². The second-order valence-corrected chi connectivity index (χ2v) is 5.72. The lowest BCUT2D eigenvalue weighted by atomic mass is 10.4. The predicted molar refractivity (Wildman–Crippen MR) is 70.5 cm³/mol. The van der Waals surface area contributed by atoms with E-state index in [4.69, 9.17) is 4.42 Å². The zero-order valence-corrected chi connectivity index (χ0v) is 11.3. The van der Waals surface area contributed by atoms with Gasteiger partial charge in [0, 0.05) is 5.92 Å². The number of carbonyl (C=O) groups excluding carboxylic acids is 1. The van der Waals surface area contributed by atoms with Gasteiger partial charge in [0.1, 0.15) is 5.01 Å². The highest BCUT2D eigenvalue weighted by molar-refractivity contribution is 7.16. The zero-order chi connectivity index (χ0) is 13.5. The molecule has 0 spiro atoms. The number of rotatable bonds is 4. The van der Waals surface area contributed by atoms with Crippen LogP contribution >= 0.6 is 11.3 Å². The van der Waals surface area contributed by atoms with E-state index in [1.807, 2.05) is 0 Å². The van der Waals surface area contributed by atoms with Gasteiger partial charge in [0.15, 0.2) is 11.6 Å². The van der Waals surface area contributed by atoms with Gasteiger partial charge in [0.05, 0.1) is 12.8 Å². The molecule has 3 heterocycles. The number of furan rings is 1. The van der Waals surface area contributed by atoms with E-state index >= 15 is 0 Å². The van der Waals surface area contributed by atoms with Gasteiger partial charge in [-0.2, -0.15) is 9.61 Å². The summed E-state index contributed by atoms with van der Waals surface area (Å²) in [6.07, 6.45) is 3.78. The number of fused-ring (bicyclic) bond motifs is 1. The van der Waals surface area contributed by atoms with Crippen LogP contribution in [0.3, 0.4) is 0 Å². The van der Waals surface area contributed by atoms with Crippen molar-refractivity contribution in [2.45, 2.75) is 25.3 Å². The van der Waals surface area contributed by atoms with Crippen LogP contribution in [0.2, 0.25) is 0 Å². The van der Waals surface area contributed by atoms with Crippen LogP contribution in [0.4, 0.5) is 0 Å². The first-order valence-electron chi connectivity index (χ1n) is 6.34. The molecule has 8 heteroatoms. The van der Waals surface area contributed by atoms with Crippen molar-refractivity contribution in [1.29, 1.82) is 0 Å². The van der Waals surface area contributed by atoms with Gasteiger partial charge in [0.25, 0.3) is 5.91 Å². The van der Waals surface area contributed by atoms with Crippen molar-refractivity contribution >= 4 is 22.2 Å². The highest BCUT2D eigenvalue weighted by Gasteiger charge is 2.30. The average Bonchev–Trinajstić information content (AvgIpc) is 2.91. The highest BCUT2D eigenvalue weighted by atomic mass is 32.1. The van der Waals surface area contributed by atoms with Gasteiger partial charge in [0.2, 0.25) is 4.96 Å². The Morgan fingerprint density at radius 3 is 3.15 bits per heavy atom. The van der Waals surface area contributed by atoms with Gasteiger partial charge >= 0.3 is 0 Å². The van der Waals surface area contributed by atoms with Crippen molar-refractivity contribution in [2.24, 2.45) is 0 Å². The van der Waals surface area contributed by atoms with E-state index in [0.717, 1.165) is 28.6 Å². The quantitative estimate of drug-likeness (QED) is 0.788. The van der Waals surface area contributed by atoms with Crippen LogP contribution < -0.4 is 5.32 Å². The molecule has 0 saturated heterocycles. The average molecular weight is 289 g/mol. The van der Waals surface area contributed by atoms with Gasteiger partial charge in [-0.05, 0) is 25.0 Å². The lowest BCUT2D eigenvalue weighted by Gasteiger charge is -1.98. The maximum absolute atomic E-state index is 11.8. The molecule has 20 heavy (non-hydrogen) atoms. The normalized spacial score (nSPS) is 14.8. The molecule has 0 aliphatic heterocycles. The largest absolute Gasteiger partial charge is 0.459 e. The van der Waals surface area contributed by atoms with Gasteiger partial charge in [-0.25, -0.2) is 0 Å². The van der Waals surface area contributed by atoms with E-state index in [1.54, 1.807) is 16.6 Å². The van der Waals surface area contributed by atoms with Crippen molar-refractivity contribution in [3.05, 3.63) is 35.0 Å². The minimum atomic E-state index is -0.247. The van der Waals surface area contributed by atoms with Gasteiger partial charge < -0.3 is 9.73 Å². The number of hydrogen-bond donors (Lipinski definition) is 1. The molecule has 7 nitrogen and oxygen atoms in total. The predicted octanol–water partition coefficient (Wildman–Crippen LogP) is 1.59. The van der Waals surface area contributed by atoms with Crippen LogP contribution in [0.15, 0.2) is 22.8 Å². The molecule has 3 aromatic rings. The topological polar surface area (TPSA) is 85.3 Å². The Balaban J connectivity index is 1.50. The number of carbonyl (C=O) groups is 1. The fraction of sp³-hybridized carbons (Fsp3) is 0.333. The maximum atomic E-state index is 11.8. The summed E-state index contributed by atoms with van der Waals surface area (Å²) in [7, 11) is 0. The molecule has 1 N–H and O–H groups in total. The first-order chi connectivity index (χ1) is 9.81. The lowest BCUT2D eigenvalue weighted by Crippen LogP contribution is -2.22. The van der Waals surface area contributed by atoms with E-state index in [2.05, 4.69) is 20.6 Å². The monoisotopic (exact) mass is 289 g/mol. The van der Waals surface area contributed by atoms with Gasteiger partial charge in [-0.1, -0.05) is 11.3 Å². The summed E-state index contributed by atoms with van der Waals surface area (Å²) in [5.41, 5.74) is 0. The van der Waals surface area contributed by atoms with Crippen LogP contribution in [0.25, 0.3) is 4.96 Å². The fourth-order valence-corrected chi connectivity index (χ4v) is 2.77. The van der Waals surface area contributed by atoms with Crippen molar-refractivity contribution in [1.82, 2.24) is 25.1 Å². The van der Waals surface area contributed by atoms with Crippen LogP contribution in [0.1, 0.15) is 40.1 Å². The summed E-state index contributed by atoms with van der Waals surface area (Å²) in [6.45, 7) is 0.359. The molecule has 0 aromatic carbocycles. The first kappa shape index (κ1) is 11.6. The third-order valence-electron chi connectivity index (χ3n) is 3.14. The smallest absolute Gasteiger partial charge is 0.287 e. The Bertz CT molecular complexity index is 756. The van der Waals surface area contributed by atoms with Crippen molar-refractivity contribution in [3.8, 4) is 0 Å². The number of hydrogen-bond acceptors (Lipinski definition) is 6. The molecule has 1 saturated carbocycles. The standard InChI is InChI=1S/C12H11N5O2S/c18-11(8-2-1-5-19-8)13-6-9-16-17-10(7-3-4-7)14-15-12(17)20-9/h1-2,5,7H,3-4,6H2,(H,13,18). The number of nitrogens with one attached hydrogen (secondary N) is 1. The van der Waals surface area contributed by atoms with Crippen LogP contribution in [-0.2, 0) is 6.54 Å². The zero-order valence-electron chi connectivity index (χ0n) is 10.4. The summed E-state index contributed by atoms with van der Waals surface area (Å²) < 4.78 is 6.82. The van der Waals surface area contributed by atoms with Crippen LogP contribution in [-0.4, -0.2) is 25.7 Å². The minimum Gasteiger partial charge on any atom is -0.459 e. The Morgan fingerprint density at radius 2 is 2.40 bits per heavy atom. The SMILES string of the molecule is O=C(NCc1nn2c(C3CC3)nnc2s1)c1ccco1. The third-order valence-corrected chi connectivity index (χ3v) is 4.04. The van der Waals surface area contributed by atoms with Crippen LogP contribution in [0, 0.1) is 0 Å². The maximum Gasteiger partial charge on any atom is 0.287 e. The summed E-state index contributed by atoms with van der Waals surface area (Å²) in [6, 6.07) is 3.30. The second kappa shape index (κ2) is 4.41. The molecule has 1 aliphatic rings. The Hall–Kier alpha value is -2.22. The van der Waals surface area contributed by atoms with Crippen molar-refractivity contribution in [3.63, 3.8) is 0 Å². The first-order valence-corrected chi connectivity index (χ1v) is 7.15. The Kier molecular flexibility index (Phi) is 2.56. The van der Waals surface area contributed by atoms with Crippen LogP contribution in [0.5, 0.6) is 0 Å². The van der Waals surface area contributed by atoms with E-state index in [1.165, 1.54) is 17.6 Å². The fourth-order valence-electron chi connectivity index (χ4n) is 1.99. The molecule has 0 radical (unpaired) electrons. The summed E-state index contributed by atoms with van der Waals surface area (Å²) >= 11 is 1.44. The van der Waals surface area contributed by atoms with Gasteiger partial charge in [-0.15, -0.1) is 10.2 Å². The molecule has 0 atom stereocenters. The number of aromatic nitrogens is 4. The molecule has 102 valence electrons. The van der Waals surface area contributed by atoms with E-state index < -0.39 is 0 Å². The van der Waals surface area contributed by atoms with Crippen molar-refractivity contribution in [2.75, 3.05) is 0 Å². The molecule has 0 unspecified atom stereocenters. The minimum absolute atomic E-state index is 0.247. The third kappa shape index (κ3) is 1.97. The molecule has 1 fully saturated rings. The molecule has 3 aromatic heterocycles.